The quantitative estimate of drug-likeness (QED) is 0.897. The first-order valence-corrected chi connectivity index (χ1v) is 7.77. The van der Waals surface area contributed by atoms with Crippen molar-refractivity contribution < 1.29 is 9.53 Å². The molecule has 0 heterocycles. The second-order valence-corrected chi connectivity index (χ2v) is 5.70. The molecular formula is C19H21NO2. The number of carbonyl (C=O) groups excluding carboxylic acids is 1. The minimum absolute atomic E-state index is 0.00694. The molecule has 3 rings (SSSR count). The van der Waals surface area contributed by atoms with Crippen molar-refractivity contribution >= 4 is 11.5 Å². The van der Waals surface area contributed by atoms with E-state index in [2.05, 4.69) is 17.4 Å². The van der Waals surface area contributed by atoms with Crippen LogP contribution in [0.15, 0.2) is 54.6 Å². The van der Waals surface area contributed by atoms with Crippen LogP contribution in [-0.4, -0.2) is 12.9 Å². The van der Waals surface area contributed by atoms with Crippen molar-refractivity contribution in [2.24, 2.45) is 5.92 Å². The molecule has 0 radical (unpaired) electrons. The van der Waals surface area contributed by atoms with Crippen molar-refractivity contribution in [3.8, 4) is 5.75 Å². The van der Waals surface area contributed by atoms with Crippen molar-refractivity contribution in [1.82, 2.24) is 0 Å². The molecule has 22 heavy (non-hydrogen) atoms. The van der Waals surface area contributed by atoms with Gasteiger partial charge in [0.05, 0.1) is 18.8 Å². The van der Waals surface area contributed by atoms with Crippen LogP contribution in [0.1, 0.15) is 30.9 Å². The van der Waals surface area contributed by atoms with Crippen LogP contribution in [-0.2, 0) is 4.79 Å². The molecule has 0 amide bonds. The molecule has 0 aliphatic heterocycles. The van der Waals surface area contributed by atoms with Crippen molar-refractivity contribution in [3.63, 3.8) is 0 Å². The number of ether oxygens (including phenoxy) is 1. The highest BCUT2D eigenvalue weighted by Crippen LogP contribution is 2.37. The first-order chi connectivity index (χ1) is 10.8. The highest BCUT2D eigenvalue weighted by atomic mass is 16.5. The molecule has 0 spiro atoms. The summed E-state index contributed by atoms with van der Waals surface area (Å²) in [6.45, 7) is 0. The van der Waals surface area contributed by atoms with E-state index in [0.717, 1.165) is 29.8 Å². The average Bonchev–Trinajstić information content (AvgIpc) is 2.99. The number of nitrogens with one attached hydrogen (secondary N) is 1. The third-order valence-electron chi connectivity index (χ3n) is 4.33. The normalized spacial score (nSPS) is 19.0. The van der Waals surface area contributed by atoms with Crippen LogP contribution >= 0.6 is 0 Å². The summed E-state index contributed by atoms with van der Waals surface area (Å²) in [5.74, 6) is 1.19. The molecule has 2 aromatic rings. The van der Waals surface area contributed by atoms with Crippen LogP contribution in [0.4, 0.5) is 5.69 Å². The maximum Gasteiger partial charge on any atom is 0.141 e. The van der Waals surface area contributed by atoms with Crippen LogP contribution in [0.3, 0.4) is 0 Å². The van der Waals surface area contributed by atoms with Crippen molar-refractivity contribution in [3.05, 3.63) is 60.2 Å². The lowest BCUT2D eigenvalue weighted by Gasteiger charge is -2.26. The minimum Gasteiger partial charge on any atom is -0.495 e. The number of hydrogen-bond donors (Lipinski definition) is 1. The summed E-state index contributed by atoms with van der Waals surface area (Å²) < 4.78 is 5.42. The largest absolute Gasteiger partial charge is 0.495 e. The van der Waals surface area contributed by atoms with Gasteiger partial charge in [0.1, 0.15) is 11.5 Å². The second-order valence-electron chi connectivity index (χ2n) is 5.70. The molecule has 0 aromatic heterocycles. The molecule has 1 aliphatic carbocycles. The third-order valence-corrected chi connectivity index (χ3v) is 4.33. The smallest absolute Gasteiger partial charge is 0.141 e. The van der Waals surface area contributed by atoms with E-state index in [1.54, 1.807) is 7.11 Å². The topological polar surface area (TPSA) is 38.3 Å². The van der Waals surface area contributed by atoms with Crippen LogP contribution in [0, 0.1) is 5.92 Å². The van der Waals surface area contributed by atoms with E-state index in [1.807, 2.05) is 42.5 Å². The highest BCUT2D eigenvalue weighted by molar-refractivity contribution is 5.84. The Balaban J connectivity index is 1.93. The predicted octanol–water partition coefficient (Wildman–Crippen LogP) is 4.22. The fourth-order valence-electron chi connectivity index (χ4n) is 3.20. The first kappa shape index (κ1) is 14.6. The summed E-state index contributed by atoms with van der Waals surface area (Å²) in [5, 5.41) is 3.54. The van der Waals surface area contributed by atoms with Crippen molar-refractivity contribution in [2.75, 3.05) is 12.4 Å². The summed E-state index contributed by atoms with van der Waals surface area (Å²) in [6, 6.07) is 18.0. The third kappa shape index (κ3) is 2.98. The number of carbonyl (C=O) groups is 1. The molecule has 2 unspecified atom stereocenters. The molecule has 1 N–H and O–H groups in total. The molecule has 0 bridgehead atoms. The van der Waals surface area contributed by atoms with E-state index < -0.39 is 0 Å². The summed E-state index contributed by atoms with van der Waals surface area (Å²) in [7, 11) is 1.67. The lowest BCUT2D eigenvalue weighted by molar-refractivity contribution is -0.121. The molecule has 114 valence electrons. The van der Waals surface area contributed by atoms with Gasteiger partial charge in [-0.05, 0) is 30.5 Å². The van der Waals surface area contributed by atoms with Gasteiger partial charge in [0.25, 0.3) is 0 Å². The van der Waals surface area contributed by atoms with Gasteiger partial charge in [0.15, 0.2) is 0 Å². The summed E-state index contributed by atoms with van der Waals surface area (Å²) in [4.78, 5) is 12.3. The van der Waals surface area contributed by atoms with Gasteiger partial charge in [0.2, 0.25) is 0 Å². The van der Waals surface area contributed by atoms with Gasteiger partial charge in [0, 0.05) is 12.3 Å². The van der Waals surface area contributed by atoms with Gasteiger partial charge < -0.3 is 10.1 Å². The standard InChI is InChI=1S/C19H21NO2/c1-22-18-13-6-5-11-16(18)20-19(14-8-3-2-4-9-14)15-10-7-12-17(15)21/h2-6,8-9,11,13,15,19-20H,7,10,12H2,1H3. The fourth-order valence-corrected chi connectivity index (χ4v) is 3.20. The summed E-state index contributed by atoms with van der Waals surface area (Å²) >= 11 is 0. The van der Waals surface area contributed by atoms with Crippen molar-refractivity contribution in [2.45, 2.75) is 25.3 Å². The zero-order chi connectivity index (χ0) is 15.4. The molecule has 2 atom stereocenters. The Bertz CT molecular complexity index is 639. The Hall–Kier alpha value is -2.29. The second kappa shape index (κ2) is 6.65. The Morgan fingerprint density at radius 3 is 2.50 bits per heavy atom. The number of Topliss-reactive ketones (excluding diaryl/α,β-unsaturated/α-hetero) is 1. The van der Waals surface area contributed by atoms with Crippen LogP contribution in [0.5, 0.6) is 5.75 Å². The molecule has 2 aromatic carbocycles. The highest BCUT2D eigenvalue weighted by Gasteiger charge is 2.33. The number of rotatable bonds is 5. The number of ketones is 1. The van der Waals surface area contributed by atoms with Gasteiger partial charge in [-0.15, -0.1) is 0 Å². The van der Waals surface area contributed by atoms with Gasteiger partial charge >= 0.3 is 0 Å². The lowest BCUT2D eigenvalue weighted by Crippen LogP contribution is -2.24. The number of anilines is 1. The van der Waals surface area contributed by atoms with E-state index >= 15 is 0 Å². The van der Waals surface area contributed by atoms with Crippen molar-refractivity contribution in [1.29, 1.82) is 0 Å². The maximum absolute atomic E-state index is 12.3. The van der Waals surface area contributed by atoms with E-state index in [1.165, 1.54) is 0 Å². The molecule has 3 nitrogen and oxygen atoms in total. The Morgan fingerprint density at radius 2 is 1.82 bits per heavy atom. The fraction of sp³-hybridized carbons (Fsp3) is 0.316. The average molecular weight is 295 g/mol. The molecule has 1 fully saturated rings. The molecular weight excluding hydrogens is 274 g/mol. The number of para-hydroxylation sites is 2. The number of hydrogen-bond acceptors (Lipinski definition) is 3. The SMILES string of the molecule is COc1ccccc1NC(c1ccccc1)C1CCCC1=O. The molecule has 3 heteroatoms. The Labute approximate surface area is 131 Å². The van der Waals surface area contributed by atoms with Gasteiger partial charge in [-0.3, -0.25) is 4.79 Å². The first-order valence-electron chi connectivity index (χ1n) is 7.77. The Morgan fingerprint density at radius 1 is 1.09 bits per heavy atom. The van der Waals surface area contributed by atoms with E-state index in [0.29, 0.717) is 12.2 Å². The minimum atomic E-state index is -0.00694. The zero-order valence-corrected chi connectivity index (χ0v) is 12.8. The monoisotopic (exact) mass is 295 g/mol. The maximum atomic E-state index is 12.3. The predicted molar refractivity (Wildman–Crippen MR) is 88.1 cm³/mol. The van der Waals surface area contributed by atoms with Gasteiger partial charge in [-0.25, -0.2) is 0 Å². The van der Waals surface area contributed by atoms with E-state index in [-0.39, 0.29) is 12.0 Å². The van der Waals surface area contributed by atoms with Crippen LogP contribution in [0.25, 0.3) is 0 Å². The molecule has 1 saturated carbocycles. The van der Waals surface area contributed by atoms with E-state index in [4.69, 9.17) is 4.74 Å². The zero-order valence-electron chi connectivity index (χ0n) is 12.8. The molecule has 1 aliphatic rings. The van der Waals surface area contributed by atoms with Crippen LogP contribution < -0.4 is 10.1 Å². The number of benzene rings is 2. The van der Waals surface area contributed by atoms with E-state index in [9.17, 15) is 4.79 Å². The number of methoxy groups -OCH3 is 1. The summed E-state index contributed by atoms with van der Waals surface area (Å²) in [6.07, 6.45) is 2.63. The van der Waals surface area contributed by atoms with Crippen LogP contribution in [0.2, 0.25) is 0 Å². The van der Waals surface area contributed by atoms with Gasteiger partial charge in [-0.1, -0.05) is 42.5 Å². The van der Waals surface area contributed by atoms with Gasteiger partial charge in [-0.2, -0.15) is 0 Å². The Kier molecular flexibility index (Phi) is 4.42. The lowest BCUT2D eigenvalue weighted by atomic mass is 9.90. The molecule has 0 saturated heterocycles. The summed E-state index contributed by atoms with van der Waals surface area (Å²) in [5.41, 5.74) is 2.08.